The zero-order valence-corrected chi connectivity index (χ0v) is 15.7. The molecule has 0 spiro atoms. The lowest BCUT2D eigenvalue weighted by Gasteiger charge is -2.23. The molecule has 142 valence electrons. The summed E-state index contributed by atoms with van der Waals surface area (Å²) >= 11 is 1.58. The maximum absolute atomic E-state index is 12.8. The van der Waals surface area contributed by atoms with E-state index in [0.29, 0.717) is 35.1 Å². The van der Waals surface area contributed by atoms with E-state index in [0.717, 1.165) is 10.4 Å². The van der Waals surface area contributed by atoms with Crippen LogP contribution in [-0.4, -0.2) is 28.4 Å². The van der Waals surface area contributed by atoms with Crippen LogP contribution in [0.25, 0.3) is 0 Å². The molecule has 28 heavy (non-hydrogen) atoms. The Morgan fingerprint density at radius 2 is 2.18 bits per heavy atom. The van der Waals surface area contributed by atoms with Gasteiger partial charge in [0.15, 0.2) is 17.3 Å². The quantitative estimate of drug-likeness (QED) is 0.710. The van der Waals surface area contributed by atoms with Gasteiger partial charge in [-0.1, -0.05) is 6.07 Å². The summed E-state index contributed by atoms with van der Waals surface area (Å²) in [6, 6.07) is 8.98. The number of benzene rings is 1. The molecule has 4 heterocycles. The molecule has 2 N–H and O–H groups in total. The highest BCUT2D eigenvalue weighted by Crippen LogP contribution is 2.43. The van der Waals surface area contributed by atoms with Crippen molar-refractivity contribution < 1.29 is 19.1 Å². The predicted molar refractivity (Wildman–Crippen MR) is 103 cm³/mol. The first-order valence-corrected chi connectivity index (χ1v) is 9.59. The van der Waals surface area contributed by atoms with E-state index in [1.54, 1.807) is 41.3 Å². The van der Waals surface area contributed by atoms with E-state index in [2.05, 4.69) is 15.7 Å². The fraction of sp³-hybridized carbons (Fsp3) is 0.211. The molecular weight excluding hydrogens is 380 g/mol. The Hall–Kier alpha value is -3.33. The smallest absolute Gasteiger partial charge is 0.257 e. The van der Waals surface area contributed by atoms with Crippen LogP contribution in [0.15, 0.2) is 35.7 Å². The number of fused-ring (bicyclic) bond motifs is 2. The van der Waals surface area contributed by atoms with Crippen molar-refractivity contribution in [1.82, 2.24) is 9.78 Å². The summed E-state index contributed by atoms with van der Waals surface area (Å²) in [6.45, 7) is 0.149. The summed E-state index contributed by atoms with van der Waals surface area (Å²) in [6.07, 6.45) is 0.312. The number of rotatable bonds is 3. The lowest BCUT2D eigenvalue weighted by atomic mass is 9.92. The predicted octanol–water partition coefficient (Wildman–Crippen LogP) is 2.94. The highest BCUT2D eigenvalue weighted by atomic mass is 32.1. The van der Waals surface area contributed by atoms with Crippen LogP contribution in [0.3, 0.4) is 0 Å². The molecule has 0 unspecified atom stereocenters. The van der Waals surface area contributed by atoms with Gasteiger partial charge in [-0.05, 0) is 29.6 Å². The van der Waals surface area contributed by atoms with Gasteiger partial charge in [-0.2, -0.15) is 5.10 Å². The molecule has 0 fully saturated rings. The molecule has 0 radical (unpaired) electrons. The average Bonchev–Trinajstić information content (AvgIpc) is 3.42. The van der Waals surface area contributed by atoms with Crippen molar-refractivity contribution in [3.63, 3.8) is 0 Å². The minimum absolute atomic E-state index is 0.0671. The number of carbonyl (C=O) groups is 2. The average molecular weight is 396 g/mol. The Balaban J connectivity index is 1.50. The van der Waals surface area contributed by atoms with Crippen LogP contribution in [0.4, 0.5) is 11.6 Å². The lowest BCUT2D eigenvalue weighted by molar-refractivity contribution is -0.116. The van der Waals surface area contributed by atoms with Gasteiger partial charge < -0.3 is 20.1 Å². The monoisotopic (exact) mass is 396 g/mol. The van der Waals surface area contributed by atoms with Gasteiger partial charge in [-0.25, -0.2) is 0 Å². The Morgan fingerprint density at radius 1 is 1.32 bits per heavy atom. The molecule has 2 aliphatic rings. The first-order valence-electron chi connectivity index (χ1n) is 8.71. The van der Waals surface area contributed by atoms with E-state index >= 15 is 0 Å². The Bertz CT molecular complexity index is 1090. The molecule has 0 saturated heterocycles. The largest absolute Gasteiger partial charge is 0.454 e. The van der Waals surface area contributed by atoms with Crippen LogP contribution < -0.4 is 20.1 Å². The third-order valence-corrected chi connectivity index (χ3v) is 5.82. The van der Waals surface area contributed by atoms with E-state index < -0.39 is 0 Å². The number of hydrogen-bond donors (Lipinski definition) is 2. The van der Waals surface area contributed by atoms with Gasteiger partial charge in [0.2, 0.25) is 12.7 Å². The Labute approximate surface area is 164 Å². The van der Waals surface area contributed by atoms with E-state index in [1.165, 1.54) is 0 Å². The first-order chi connectivity index (χ1) is 13.6. The van der Waals surface area contributed by atoms with Gasteiger partial charge in [0.25, 0.3) is 5.91 Å². The minimum atomic E-state index is -0.305. The number of aryl methyl sites for hydroxylation is 1. The molecule has 0 saturated carbocycles. The summed E-state index contributed by atoms with van der Waals surface area (Å²) in [7, 11) is 1.74. The SMILES string of the molecule is Cn1nc(NC(=O)c2ccc3c(c2)OCO3)c2c1NC(=O)C[C@@H]2c1cccs1. The zero-order valence-electron chi connectivity index (χ0n) is 14.9. The second-order valence-electron chi connectivity index (χ2n) is 6.58. The molecular formula is C19H16N4O4S. The molecule has 8 nitrogen and oxygen atoms in total. The number of thiophene rings is 1. The number of nitrogens with zero attached hydrogens (tertiary/aromatic N) is 2. The third kappa shape index (κ3) is 2.71. The lowest BCUT2D eigenvalue weighted by Crippen LogP contribution is -2.24. The van der Waals surface area contributed by atoms with Crippen LogP contribution in [-0.2, 0) is 11.8 Å². The van der Waals surface area contributed by atoms with Crippen molar-refractivity contribution in [2.45, 2.75) is 12.3 Å². The molecule has 0 bridgehead atoms. The molecule has 9 heteroatoms. The highest BCUT2D eigenvalue weighted by Gasteiger charge is 2.34. The van der Waals surface area contributed by atoms with Crippen molar-refractivity contribution in [1.29, 1.82) is 0 Å². The fourth-order valence-electron chi connectivity index (χ4n) is 3.53. The topological polar surface area (TPSA) is 94.5 Å². The minimum Gasteiger partial charge on any atom is -0.454 e. The van der Waals surface area contributed by atoms with Crippen LogP contribution in [0.5, 0.6) is 11.5 Å². The summed E-state index contributed by atoms with van der Waals surface area (Å²) in [5, 5.41) is 12.2. The first kappa shape index (κ1) is 16.8. The highest BCUT2D eigenvalue weighted by molar-refractivity contribution is 7.10. The van der Waals surface area contributed by atoms with Gasteiger partial charge in [0.1, 0.15) is 5.82 Å². The maximum atomic E-state index is 12.8. The number of hydrogen-bond acceptors (Lipinski definition) is 6. The number of carbonyl (C=O) groups excluding carboxylic acids is 2. The van der Waals surface area contributed by atoms with Gasteiger partial charge in [-0.3, -0.25) is 14.3 Å². The molecule has 1 atom stereocenters. The zero-order chi connectivity index (χ0) is 19.3. The van der Waals surface area contributed by atoms with E-state index in [4.69, 9.17) is 9.47 Å². The second kappa shape index (κ2) is 6.38. The summed E-state index contributed by atoms with van der Waals surface area (Å²) in [5.74, 6) is 1.69. The Morgan fingerprint density at radius 3 is 3.00 bits per heavy atom. The van der Waals surface area contributed by atoms with Crippen LogP contribution in [0.2, 0.25) is 0 Å². The number of ether oxygens (including phenoxy) is 2. The van der Waals surface area contributed by atoms with Crippen molar-refractivity contribution >= 4 is 34.8 Å². The van der Waals surface area contributed by atoms with Gasteiger partial charge >= 0.3 is 0 Å². The van der Waals surface area contributed by atoms with Gasteiger partial charge in [0.05, 0.1) is 0 Å². The molecule has 0 aliphatic carbocycles. The van der Waals surface area contributed by atoms with Crippen LogP contribution in [0, 0.1) is 0 Å². The second-order valence-corrected chi connectivity index (χ2v) is 7.56. The molecule has 1 aromatic carbocycles. The molecule has 2 amide bonds. The molecule has 2 aliphatic heterocycles. The van der Waals surface area contributed by atoms with Crippen LogP contribution >= 0.6 is 11.3 Å². The van der Waals surface area contributed by atoms with E-state index in [-0.39, 0.29) is 24.5 Å². The summed E-state index contributed by atoms with van der Waals surface area (Å²) in [5.41, 5.74) is 1.26. The number of nitrogens with one attached hydrogen (secondary N) is 2. The van der Waals surface area contributed by atoms with Crippen molar-refractivity contribution in [3.05, 3.63) is 51.7 Å². The maximum Gasteiger partial charge on any atom is 0.257 e. The molecule has 5 rings (SSSR count). The standard InChI is InChI=1S/C19H16N4O4S/c1-23-18-16(11(8-15(24)20-18)14-3-2-6-28-14)17(22-23)21-19(25)10-4-5-12-13(7-10)27-9-26-12/h2-7,11H,8-9H2,1H3,(H,20,24)(H,21,22,25)/t11-/m1/s1. The van der Waals surface area contributed by atoms with E-state index in [9.17, 15) is 9.59 Å². The van der Waals surface area contributed by atoms with Gasteiger partial charge in [0, 0.05) is 35.4 Å². The summed E-state index contributed by atoms with van der Waals surface area (Å²) < 4.78 is 12.2. The van der Waals surface area contributed by atoms with E-state index in [1.807, 2.05) is 17.5 Å². The fourth-order valence-corrected chi connectivity index (χ4v) is 4.37. The molecule has 3 aromatic rings. The van der Waals surface area contributed by atoms with Gasteiger partial charge in [-0.15, -0.1) is 11.3 Å². The summed E-state index contributed by atoms with van der Waals surface area (Å²) in [4.78, 5) is 26.1. The number of anilines is 2. The third-order valence-electron chi connectivity index (χ3n) is 4.83. The molecule has 2 aromatic heterocycles. The normalized spacial score (nSPS) is 17.2. The number of aromatic nitrogens is 2. The number of amides is 2. The van der Waals surface area contributed by atoms with Crippen molar-refractivity contribution in [2.75, 3.05) is 17.4 Å². The van der Waals surface area contributed by atoms with Crippen molar-refractivity contribution in [3.8, 4) is 11.5 Å². The Kier molecular flexibility index (Phi) is 3.83. The van der Waals surface area contributed by atoms with Crippen LogP contribution in [0.1, 0.15) is 33.1 Å². The van der Waals surface area contributed by atoms with Crippen molar-refractivity contribution in [2.24, 2.45) is 7.05 Å².